The Morgan fingerprint density at radius 2 is 2.00 bits per heavy atom. The number of ether oxygens (including phenoxy) is 4. The molecule has 0 radical (unpaired) electrons. The molecule has 176 valence electrons. The Hall–Kier alpha value is -2.39. The molecule has 32 heavy (non-hydrogen) atoms. The van der Waals surface area contributed by atoms with Crippen LogP contribution in [0, 0.1) is 5.92 Å². The highest BCUT2D eigenvalue weighted by Gasteiger charge is 2.39. The number of aliphatic hydroxyl groups is 1. The molecule has 3 rings (SSSR count). The van der Waals surface area contributed by atoms with E-state index in [9.17, 15) is 9.90 Å². The first kappa shape index (κ1) is 24.3. The number of methoxy groups -OCH3 is 2. The molecular weight excluding hydrogens is 414 g/mol. The molecule has 1 aromatic carbocycles. The summed E-state index contributed by atoms with van der Waals surface area (Å²) < 4.78 is 28.2. The number of carbonyl (C=O) groups excluding carboxylic acids is 1. The van der Waals surface area contributed by atoms with Crippen molar-refractivity contribution >= 4 is 16.9 Å². The minimum Gasteiger partial charge on any atom is -0.464 e. The number of likely N-dealkylation sites (N-methyl/N-ethyl adjacent to an activating group) is 1. The van der Waals surface area contributed by atoms with Crippen molar-refractivity contribution in [1.82, 2.24) is 4.90 Å². The summed E-state index contributed by atoms with van der Waals surface area (Å²) >= 11 is 0. The molecule has 0 fully saturated rings. The molecule has 0 aliphatic carbocycles. The highest BCUT2D eigenvalue weighted by atomic mass is 16.7. The number of benzene rings is 1. The zero-order valence-electron chi connectivity index (χ0n) is 19.2. The third kappa shape index (κ3) is 5.32. The molecule has 0 bridgehead atoms. The van der Waals surface area contributed by atoms with E-state index in [0.717, 1.165) is 16.5 Å². The normalized spacial score (nSPS) is 20.9. The van der Waals surface area contributed by atoms with Crippen LogP contribution in [0.15, 0.2) is 46.8 Å². The third-order valence-corrected chi connectivity index (χ3v) is 5.79. The monoisotopic (exact) mass is 447 g/mol. The lowest BCUT2D eigenvalue weighted by Gasteiger charge is -2.37. The molecule has 2 heterocycles. The summed E-state index contributed by atoms with van der Waals surface area (Å²) in [5.41, 5.74) is 1.75. The SMILES string of the molecule is CCO[C@H]1OC(C(=O)N(C)CC(OC)OC)=C[C@@H](c2coc3ccccc23)[C@H]1CCCO. The number of furan rings is 1. The van der Waals surface area contributed by atoms with E-state index >= 15 is 0 Å². The molecule has 0 saturated heterocycles. The second-order valence-electron chi connectivity index (χ2n) is 7.80. The summed E-state index contributed by atoms with van der Waals surface area (Å²) in [6.07, 6.45) is 3.70. The van der Waals surface area contributed by atoms with Gasteiger partial charge in [0, 0.05) is 57.3 Å². The van der Waals surface area contributed by atoms with Crippen LogP contribution in [0.5, 0.6) is 0 Å². The quantitative estimate of drug-likeness (QED) is 0.529. The molecule has 1 aliphatic heterocycles. The first-order valence-electron chi connectivity index (χ1n) is 10.9. The fraction of sp³-hybridized carbons (Fsp3) is 0.542. The number of amides is 1. The first-order valence-corrected chi connectivity index (χ1v) is 10.9. The fourth-order valence-corrected chi connectivity index (χ4v) is 4.11. The summed E-state index contributed by atoms with van der Waals surface area (Å²) in [7, 11) is 4.73. The zero-order chi connectivity index (χ0) is 23.1. The van der Waals surface area contributed by atoms with Gasteiger partial charge in [0.05, 0.1) is 12.8 Å². The minimum absolute atomic E-state index is 0.0713. The summed E-state index contributed by atoms with van der Waals surface area (Å²) in [4.78, 5) is 14.7. The number of para-hydroxylation sites is 1. The molecule has 8 heteroatoms. The van der Waals surface area contributed by atoms with Gasteiger partial charge in [0.15, 0.2) is 12.0 Å². The first-order chi connectivity index (χ1) is 15.5. The lowest BCUT2D eigenvalue weighted by Crippen LogP contribution is -2.41. The molecule has 3 atom stereocenters. The molecule has 1 N–H and O–H groups in total. The van der Waals surface area contributed by atoms with Crippen molar-refractivity contribution in [3.8, 4) is 0 Å². The fourth-order valence-electron chi connectivity index (χ4n) is 4.11. The topological polar surface area (TPSA) is 90.6 Å². The second kappa shape index (κ2) is 11.5. The van der Waals surface area contributed by atoms with Gasteiger partial charge in [-0.2, -0.15) is 0 Å². The smallest absolute Gasteiger partial charge is 0.288 e. The Kier molecular flexibility index (Phi) is 8.69. The van der Waals surface area contributed by atoms with Crippen LogP contribution in [-0.2, 0) is 23.7 Å². The van der Waals surface area contributed by atoms with Crippen molar-refractivity contribution in [2.45, 2.75) is 38.3 Å². The van der Waals surface area contributed by atoms with Gasteiger partial charge in [-0.1, -0.05) is 18.2 Å². The lowest BCUT2D eigenvalue weighted by molar-refractivity contribution is -0.172. The summed E-state index contributed by atoms with van der Waals surface area (Å²) in [6.45, 7) is 2.65. The average molecular weight is 448 g/mol. The number of aliphatic hydroxyl groups excluding tert-OH is 1. The molecular formula is C24H33NO7. The number of allylic oxidation sites excluding steroid dienone is 1. The number of hydrogen-bond acceptors (Lipinski definition) is 7. The van der Waals surface area contributed by atoms with Crippen molar-refractivity contribution in [3.63, 3.8) is 0 Å². The summed E-state index contributed by atoms with van der Waals surface area (Å²) in [5, 5.41) is 10.4. The van der Waals surface area contributed by atoms with Crippen molar-refractivity contribution in [1.29, 1.82) is 0 Å². The molecule has 0 spiro atoms. The van der Waals surface area contributed by atoms with Crippen LogP contribution < -0.4 is 0 Å². The van der Waals surface area contributed by atoms with Crippen LogP contribution in [0.25, 0.3) is 11.0 Å². The van der Waals surface area contributed by atoms with Crippen LogP contribution in [0.1, 0.15) is 31.2 Å². The average Bonchev–Trinajstić information content (AvgIpc) is 3.24. The van der Waals surface area contributed by atoms with E-state index in [-0.39, 0.29) is 36.7 Å². The zero-order valence-corrected chi connectivity index (χ0v) is 19.2. The van der Waals surface area contributed by atoms with E-state index < -0.39 is 12.6 Å². The molecule has 0 saturated carbocycles. The Bertz CT molecular complexity index is 905. The second-order valence-corrected chi connectivity index (χ2v) is 7.80. The van der Waals surface area contributed by atoms with Gasteiger partial charge >= 0.3 is 0 Å². The van der Waals surface area contributed by atoms with Gasteiger partial charge in [0.2, 0.25) is 6.29 Å². The highest BCUT2D eigenvalue weighted by molar-refractivity contribution is 5.92. The predicted molar refractivity (Wildman–Crippen MR) is 119 cm³/mol. The molecule has 8 nitrogen and oxygen atoms in total. The van der Waals surface area contributed by atoms with E-state index in [1.54, 1.807) is 13.3 Å². The third-order valence-electron chi connectivity index (χ3n) is 5.79. The van der Waals surface area contributed by atoms with Gasteiger partial charge < -0.3 is 33.4 Å². The Balaban J connectivity index is 1.99. The molecule has 0 unspecified atom stereocenters. The van der Waals surface area contributed by atoms with Gasteiger partial charge in [-0.3, -0.25) is 4.79 Å². The summed E-state index contributed by atoms with van der Waals surface area (Å²) in [6, 6.07) is 7.81. The van der Waals surface area contributed by atoms with E-state index in [0.29, 0.717) is 19.4 Å². The van der Waals surface area contributed by atoms with Crippen molar-refractivity contribution in [2.24, 2.45) is 5.92 Å². The largest absolute Gasteiger partial charge is 0.464 e. The number of rotatable bonds is 11. The Morgan fingerprint density at radius 1 is 1.25 bits per heavy atom. The van der Waals surface area contributed by atoms with Crippen LogP contribution in [0.4, 0.5) is 0 Å². The van der Waals surface area contributed by atoms with Gasteiger partial charge in [-0.25, -0.2) is 0 Å². The van der Waals surface area contributed by atoms with Crippen LogP contribution >= 0.6 is 0 Å². The Labute approximate surface area is 188 Å². The summed E-state index contributed by atoms with van der Waals surface area (Å²) in [5.74, 6) is -0.334. The maximum atomic E-state index is 13.2. The number of carbonyl (C=O) groups is 1. The van der Waals surface area contributed by atoms with Gasteiger partial charge in [0.25, 0.3) is 5.91 Å². The Morgan fingerprint density at radius 3 is 2.69 bits per heavy atom. The number of fused-ring (bicyclic) bond motifs is 1. The highest BCUT2D eigenvalue weighted by Crippen LogP contribution is 2.42. The van der Waals surface area contributed by atoms with Crippen molar-refractivity contribution < 1.29 is 33.3 Å². The van der Waals surface area contributed by atoms with Crippen LogP contribution in [0.2, 0.25) is 0 Å². The van der Waals surface area contributed by atoms with Crippen LogP contribution in [-0.4, -0.2) is 69.5 Å². The molecule has 1 aromatic heterocycles. The number of hydrogen-bond donors (Lipinski definition) is 1. The van der Waals surface area contributed by atoms with Crippen molar-refractivity contribution in [2.75, 3.05) is 41.0 Å². The van der Waals surface area contributed by atoms with Crippen molar-refractivity contribution in [3.05, 3.63) is 47.9 Å². The van der Waals surface area contributed by atoms with Gasteiger partial charge in [-0.15, -0.1) is 0 Å². The van der Waals surface area contributed by atoms with E-state index in [1.165, 1.54) is 19.1 Å². The van der Waals surface area contributed by atoms with E-state index in [1.807, 2.05) is 37.3 Å². The maximum Gasteiger partial charge on any atom is 0.288 e. The lowest BCUT2D eigenvalue weighted by atomic mass is 9.80. The molecule has 1 aliphatic rings. The van der Waals surface area contributed by atoms with Gasteiger partial charge in [0.1, 0.15) is 5.58 Å². The molecule has 1 amide bonds. The van der Waals surface area contributed by atoms with Crippen LogP contribution in [0.3, 0.4) is 0 Å². The maximum absolute atomic E-state index is 13.2. The van der Waals surface area contributed by atoms with Gasteiger partial charge in [-0.05, 0) is 31.9 Å². The van der Waals surface area contributed by atoms with E-state index in [2.05, 4.69) is 0 Å². The minimum atomic E-state index is -0.622. The molecule has 2 aromatic rings. The predicted octanol–water partition coefficient (Wildman–Crippen LogP) is 3.26. The number of nitrogens with zero attached hydrogens (tertiary/aromatic N) is 1. The van der Waals surface area contributed by atoms with E-state index in [4.69, 9.17) is 23.4 Å². The standard InChI is InChI=1S/C24H33NO7/c1-5-30-24-17(10-8-12-26)18(19-15-31-20-11-7-6-9-16(19)20)13-21(32-24)23(27)25(2)14-22(28-3)29-4/h6-7,9,11,13,15,17-18,22,24,26H,5,8,10,12,14H2,1-4H3/t17-,18-,24+/m1/s1.